The quantitative estimate of drug-likeness (QED) is 0.797. The van der Waals surface area contributed by atoms with Gasteiger partial charge < -0.3 is 15.0 Å². The summed E-state index contributed by atoms with van der Waals surface area (Å²) < 4.78 is 6.63. The SMILES string of the molecule is COC(=O)c1c(C)[nH]c(C(=O)Nc2cc(C(C)(C)C)nn2C(C)(C)C)c1C. The topological polar surface area (TPSA) is 89.0 Å². The first-order chi connectivity index (χ1) is 12.3. The molecule has 0 bridgehead atoms. The van der Waals surface area contributed by atoms with Crippen molar-refractivity contribution in [1.82, 2.24) is 14.8 Å². The minimum atomic E-state index is -0.463. The molecule has 2 heterocycles. The van der Waals surface area contributed by atoms with Crippen molar-refractivity contribution in [3.8, 4) is 0 Å². The van der Waals surface area contributed by atoms with Gasteiger partial charge in [0.2, 0.25) is 0 Å². The summed E-state index contributed by atoms with van der Waals surface area (Å²) in [7, 11) is 1.32. The zero-order valence-corrected chi connectivity index (χ0v) is 17.7. The molecule has 0 aliphatic rings. The van der Waals surface area contributed by atoms with Gasteiger partial charge in [0.25, 0.3) is 5.91 Å². The van der Waals surface area contributed by atoms with Gasteiger partial charge in [0.15, 0.2) is 0 Å². The van der Waals surface area contributed by atoms with Crippen molar-refractivity contribution in [3.63, 3.8) is 0 Å². The molecule has 7 heteroatoms. The number of aryl methyl sites for hydroxylation is 1. The molecule has 0 atom stereocenters. The fraction of sp³-hybridized carbons (Fsp3) is 0.550. The van der Waals surface area contributed by atoms with Gasteiger partial charge in [-0.25, -0.2) is 9.48 Å². The maximum absolute atomic E-state index is 12.9. The van der Waals surface area contributed by atoms with Crippen LogP contribution in [0.1, 0.15) is 79.3 Å². The second-order valence-corrected chi connectivity index (χ2v) is 8.82. The number of H-pyrrole nitrogens is 1. The number of rotatable bonds is 3. The Labute approximate surface area is 160 Å². The Morgan fingerprint density at radius 2 is 1.74 bits per heavy atom. The largest absolute Gasteiger partial charge is 0.465 e. The predicted molar refractivity (Wildman–Crippen MR) is 105 cm³/mol. The maximum Gasteiger partial charge on any atom is 0.339 e. The first-order valence-electron chi connectivity index (χ1n) is 8.97. The van der Waals surface area contributed by atoms with Crippen LogP contribution in [0.4, 0.5) is 5.82 Å². The lowest BCUT2D eigenvalue weighted by Crippen LogP contribution is -2.27. The van der Waals surface area contributed by atoms with Gasteiger partial charge in [0.1, 0.15) is 11.5 Å². The number of aromatic nitrogens is 3. The number of amides is 1. The number of nitrogens with one attached hydrogen (secondary N) is 2. The van der Waals surface area contributed by atoms with Crippen molar-refractivity contribution >= 4 is 17.7 Å². The molecule has 0 unspecified atom stereocenters. The van der Waals surface area contributed by atoms with Crippen LogP contribution >= 0.6 is 0 Å². The Hall–Kier alpha value is -2.57. The van der Waals surface area contributed by atoms with Crippen LogP contribution in [0.3, 0.4) is 0 Å². The summed E-state index contributed by atoms with van der Waals surface area (Å²) in [5, 5.41) is 7.65. The fourth-order valence-corrected chi connectivity index (χ4v) is 2.91. The molecule has 0 aliphatic heterocycles. The molecule has 7 nitrogen and oxygen atoms in total. The van der Waals surface area contributed by atoms with E-state index in [0.717, 1.165) is 5.69 Å². The zero-order valence-electron chi connectivity index (χ0n) is 17.7. The molecule has 1 amide bonds. The molecule has 2 rings (SSSR count). The third-order valence-corrected chi connectivity index (χ3v) is 4.41. The number of carbonyl (C=O) groups is 2. The summed E-state index contributed by atoms with van der Waals surface area (Å²) in [6, 6.07) is 1.90. The highest BCUT2D eigenvalue weighted by atomic mass is 16.5. The van der Waals surface area contributed by atoms with E-state index >= 15 is 0 Å². The molecule has 0 saturated carbocycles. The van der Waals surface area contributed by atoms with E-state index in [4.69, 9.17) is 9.84 Å². The number of nitrogens with zero attached hydrogens (tertiary/aromatic N) is 2. The molecule has 0 aromatic carbocycles. The van der Waals surface area contributed by atoms with E-state index in [1.54, 1.807) is 13.8 Å². The molecule has 148 valence electrons. The number of carbonyl (C=O) groups excluding carboxylic acids is 2. The van der Waals surface area contributed by atoms with Crippen molar-refractivity contribution in [1.29, 1.82) is 0 Å². The second kappa shape index (κ2) is 6.87. The number of hydrogen-bond donors (Lipinski definition) is 2. The molecule has 2 aromatic rings. The van der Waals surface area contributed by atoms with Gasteiger partial charge in [-0.3, -0.25) is 4.79 Å². The summed E-state index contributed by atoms with van der Waals surface area (Å²) in [6.07, 6.45) is 0. The molecule has 27 heavy (non-hydrogen) atoms. The molecule has 0 saturated heterocycles. The molecule has 0 aliphatic carbocycles. The van der Waals surface area contributed by atoms with E-state index in [1.165, 1.54) is 7.11 Å². The van der Waals surface area contributed by atoms with Gasteiger partial charge in [-0.05, 0) is 40.2 Å². The van der Waals surface area contributed by atoms with E-state index in [2.05, 4.69) is 31.1 Å². The van der Waals surface area contributed by atoms with Crippen LogP contribution in [0.25, 0.3) is 0 Å². The van der Waals surface area contributed by atoms with Crippen LogP contribution in [0.5, 0.6) is 0 Å². The molecule has 0 radical (unpaired) electrons. The van der Waals surface area contributed by atoms with Crippen LogP contribution in [0.2, 0.25) is 0 Å². The number of anilines is 1. The highest BCUT2D eigenvalue weighted by Gasteiger charge is 2.28. The number of aromatic amines is 1. The standard InChI is InChI=1S/C20H30N4O3/c1-11-15(18(26)27-9)12(2)21-16(11)17(25)22-14-10-13(19(3,4)5)23-24(14)20(6,7)8/h10,21H,1-9H3,(H,22,25). The van der Waals surface area contributed by atoms with E-state index in [1.807, 2.05) is 31.5 Å². The van der Waals surface area contributed by atoms with Crippen LogP contribution in [0, 0.1) is 13.8 Å². The number of hydrogen-bond acceptors (Lipinski definition) is 4. The van der Waals surface area contributed by atoms with Crippen molar-refractivity contribution < 1.29 is 14.3 Å². The van der Waals surface area contributed by atoms with Crippen LogP contribution in [-0.4, -0.2) is 33.8 Å². The highest BCUT2D eigenvalue weighted by molar-refractivity contribution is 6.06. The smallest absolute Gasteiger partial charge is 0.339 e. The minimum absolute atomic E-state index is 0.146. The van der Waals surface area contributed by atoms with Crippen LogP contribution < -0.4 is 5.32 Å². The van der Waals surface area contributed by atoms with E-state index in [-0.39, 0.29) is 16.9 Å². The summed E-state index contributed by atoms with van der Waals surface area (Å²) in [4.78, 5) is 27.9. The maximum atomic E-state index is 12.9. The number of ether oxygens (including phenoxy) is 1. The van der Waals surface area contributed by atoms with E-state index in [9.17, 15) is 9.59 Å². The average molecular weight is 374 g/mol. The van der Waals surface area contributed by atoms with Crippen molar-refractivity contribution in [3.05, 3.63) is 34.3 Å². The summed E-state index contributed by atoms with van der Waals surface area (Å²) in [6.45, 7) is 15.8. The van der Waals surface area contributed by atoms with E-state index < -0.39 is 5.97 Å². The number of methoxy groups -OCH3 is 1. The molecular weight excluding hydrogens is 344 g/mol. The van der Waals surface area contributed by atoms with Gasteiger partial charge in [0, 0.05) is 17.2 Å². The van der Waals surface area contributed by atoms with Crippen LogP contribution in [-0.2, 0) is 15.7 Å². The first-order valence-corrected chi connectivity index (χ1v) is 8.97. The molecule has 0 spiro atoms. The Kier molecular flexibility index (Phi) is 5.27. The number of esters is 1. The fourth-order valence-electron chi connectivity index (χ4n) is 2.91. The Morgan fingerprint density at radius 3 is 2.22 bits per heavy atom. The first kappa shape index (κ1) is 20.7. The second-order valence-electron chi connectivity index (χ2n) is 8.82. The molecule has 0 fully saturated rings. The van der Waals surface area contributed by atoms with Gasteiger partial charge >= 0.3 is 5.97 Å². The van der Waals surface area contributed by atoms with Gasteiger partial charge in [0.05, 0.1) is 23.9 Å². The zero-order chi connectivity index (χ0) is 20.7. The monoisotopic (exact) mass is 374 g/mol. The lowest BCUT2D eigenvalue weighted by molar-refractivity contribution is 0.0599. The molecule has 2 aromatic heterocycles. The molecular formula is C20H30N4O3. The van der Waals surface area contributed by atoms with Gasteiger partial charge in [-0.1, -0.05) is 20.8 Å². The van der Waals surface area contributed by atoms with Crippen LogP contribution in [0.15, 0.2) is 6.07 Å². The lowest BCUT2D eigenvalue weighted by atomic mass is 9.92. The Balaban J connectivity index is 2.45. The Bertz CT molecular complexity index is 876. The average Bonchev–Trinajstić information content (AvgIpc) is 3.07. The van der Waals surface area contributed by atoms with Crippen molar-refractivity contribution in [2.24, 2.45) is 0 Å². The van der Waals surface area contributed by atoms with Gasteiger partial charge in [-0.2, -0.15) is 5.10 Å². The summed E-state index contributed by atoms with van der Waals surface area (Å²) >= 11 is 0. The summed E-state index contributed by atoms with van der Waals surface area (Å²) in [5.41, 5.74) is 2.34. The normalized spacial score (nSPS) is 12.2. The Morgan fingerprint density at radius 1 is 1.15 bits per heavy atom. The van der Waals surface area contributed by atoms with Crippen molar-refractivity contribution in [2.75, 3.05) is 12.4 Å². The third-order valence-electron chi connectivity index (χ3n) is 4.41. The molecule has 2 N–H and O–H groups in total. The lowest BCUT2D eigenvalue weighted by Gasteiger charge is -2.23. The van der Waals surface area contributed by atoms with Crippen molar-refractivity contribution in [2.45, 2.75) is 66.3 Å². The third kappa shape index (κ3) is 4.07. The minimum Gasteiger partial charge on any atom is -0.465 e. The predicted octanol–water partition coefficient (Wildman–Crippen LogP) is 3.92. The van der Waals surface area contributed by atoms with Gasteiger partial charge in [-0.15, -0.1) is 0 Å². The highest BCUT2D eigenvalue weighted by Crippen LogP contribution is 2.29. The van der Waals surface area contributed by atoms with E-state index in [0.29, 0.717) is 28.3 Å². The summed E-state index contributed by atoms with van der Waals surface area (Å²) in [5.74, 6) is -0.171.